The van der Waals surface area contributed by atoms with E-state index in [1.807, 2.05) is 44.4 Å². The molecule has 6 nitrogen and oxygen atoms in total. The van der Waals surface area contributed by atoms with Gasteiger partial charge in [-0.2, -0.15) is 0 Å². The van der Waals surface area contributed by atoms with Crippen LogP contribution in [0.4, 0.5) is 0 Å². The summed E-state index contributed by atoms with van der Waals surface area (Å²) < 4.78 is 11.3. The second-order valence-corrected chi connectivity index (χ2v) is 6.60. The standard InChI is InChI=1S/C20H22N4O2/c1-14-20(15(2)26-23-14)18-5-3-4-17(22-18)19-13-24(10-11-25-19)12-16-6-8-21-9-7-16/h3-9,19H,10-13H2,1-2H3/t19-/m0/s1. The number of aryl methyl sites for hydroxylation is 2. The lowest BCUT2D eigenvalue weighted by atomic mass is 10.1. The van der Waals surface area contributed by atoms with Crippen LogP contribution in [0.2, 0.25) is 0 Å². The molecular formula is C20H22N4O2. The fourth-order valence-corrected chi connectivity index (χ4v) is 3.39. The molecule has 1 aliphatic rings. The van der Waals surface area contributed by atoms with Crippen LogP contribution in [0.3, 0.4) is 0 Å². The van der Waals surface area contributed by atoms with Gasteiger partial charge in [0.05, 0.1) is 29.3 Å². The molecule has 1 fully saturated rings. The zero-order valence-corrected chi connectivity index (χ0v) is 15.1. The van der Waals surface area contributed by atoms with Crippen molar-refractivity contribution in [2.75, 3.05) is 19.7 Å². The first-order valence-electron chi connectivity index (χ1n) is 8.84. The molecule has 4 heterocycles. The van der Waals surface area contributed by atoms with Crippen LogP contribution >= 0.6 is 0 Å². The van der Waals surface area contributed by atoms with Gasteiger partial charge in [-0.1, -0.05) is 11.2 Å². The lowest BCUT2D eigenvalue weighted by molar-refractivity contribution is -0.0349. The Balaban J connectivity index is 1.53. The average molecular weight is 350 g/mol. The molecule has 3 aromatic heterocycles. The van der Waals surface area contributed by atoms with Gasteiger partial charge in [-0.25, -0.2) is 4.98 Å². The van der Waals surface area contributed by atoms with Crippen molar-refractivity contribution in [2.45, 2.75) is 26.5 Å². The lowest BCUT2D eigenvalue weighted by Gasteiger charge is -2.32. The van der Waals surface area contributed by atoms with E-state index in [0.29, 0.717) is 6.61 Å². The zero-order chi connectivity index (χ0) is 17.9. The number of rotatable bonds is 4. The summed E-state index contributed by atoms with van der Waals surface area (Å²) in [4.78, 5) is 11.3. The Hall–Kier alpha value is -2.57. The molecule has 0 amide bonds. The molecule has 26 heavy (non-hydrogen) atoms. The highest BCUT2D eigenvalue weighted by Gasteiger charge is 2.24. The Labute approximate surface area is 152 Å². The van der Waals surface area contributed by atoms with Crippen molar-refractivity contribution >= 4 is 0 Å². The van der Waals surface area contributed by atoms with E-state index in [0.717, 1.165) is 48.0 Å². The number of hydrogen-bond donors (Lipinski definition) is 0. The molecule has 0 saturated carbocycles. The molecule has 0 bridgehead atoms. The molecule has 1 aliphatic heterocycles. The lowest BCUT2D eigenvalue weighted by Crippen LogP contribution is -2.38. The van der Waals surface area contributed by atoms with Gasteiger partial charge in [0.1, 0.15) is 11.9 Å². The monoisotopic (exact) mass is 350 g/mol. The van der Waals surface area contributed by atoms with E-state index in [4.69, 9.17) is 14.2 Å². The highest BCUT2D eigenvalue weighted by Crippen LogP contribution is 2.28. The summed E-state index contributed by atoms with van der Waals surface area (Å²) in [7, 11) is 0. The summed E-state index contributed by atoms with van der Waals surface area (Å²) in [6.07, 6.45) is 3.63. The van der Waals surface area contributed by atoms with E-state index >= 15 is 0 Å². The topological polar surface area (TPSA) is 64.3 Å². The van der Waals surface area contributed by atoms with Crippen molar-refractivity contribution < 1.29 is 9.26 Å². The molecule has 0 unspecified atom stereocenters. The van der Waals surface area contributed by atoms with Crippen molar-refractivity contribution in [3.8, 4) is 11.3 Å². The van der Waals surface area contributed by atoms with Crippen LogP contribution in [0.25, 0.3) is 11.3 Å². The number of pyridine rings is 2. The molecule has 1 saturated heterocycles. The number of hydrogen-bond acceptors (Lipinski definition) is 6. The normalized spacial score (nSPS) is 18.2. The van der Waals surface area contributed by atoms with Crippen LogP contribution in [0, 0.1) is 13.8 Å². The molecule has 0 radical (unpaired) electrons. The highest BCUT2D eigenvalue weighted by molar-refractivity contribution is 5.63. The maximum atomic E-state index is 6.01. The van der Waals surface area contributed by atoms with E-state index in [9.17, 15) is 0 Å². The Kier molecular flexibility index (Phi) is 4.77. The molecule has 0 spiro atoms. The fourth-order valence-electron chi connectivity index (χ4n) is 3.39. The van der Waals surface area contributed by atoms with Crippen LogP contribution in [-0.2, 0) is 11.3 Å². The molecule has 0 aliphatic carbocycles. The van der Waals surface area contributed by atoms with E-state index in [-0.39, 0.29) is 6.10 Å². The average Bonchev–Trinajstić information content (AvgIpc) is 3.01. The first-order chi connectivity index (χ1) is 12.7. The number of nitrogens with zero attached hydrogens (tertiary/aromatic N) is 4. The zero-order valence-electron chi connectivity index (χ0n) is 15.1. The van der Waals surface area contributed by atoms with E-state index in [2.05, 4.69) is 27.2 Å². The van der Waals surface area contributed by atoms with E-state index in [1.54, 1.807) is 0 Å². The maximum absolute atomic E-state index is 6.01. The van der Waals surface area contributed by atoms with Crippen molar-refractivity contribution in [2.24, 2.45) is 0 Å². The third-order valence-corrected chi connectivity index (χ3v) is 4.70. The van der Waals surface area contributed by atoms with Gasteiger partial charge in [-0.05, 0) is 43.7 Å². The van der Waals surface area contributed by atoms with Gasteiger partial charge in [0.15, 0.2) is 0 Å². The van der Waals surface area contributed by atoms with Gasteiger partial charge < -0.3 is 9.26 Å². The largest absolute Gasteiger partial charge is 0.369 e. The summed E-state index contributed by atoms with van der Waals surface area (Å²) >= 11 is 0. The van der Waals surface area contributed by atoms with Crippen molar-refractivity contribution in [3.63, 3.8) is 0 Å². The van der Waals surface area contributed by atoms with Crippen LogP contribution in [0.15, 0.2) is 47.2 Å². The fraction of sp³-hybridized carbons (Fsp3) is 0.350. The Bertz CT molecular complexity index is 859. The van der Waals surface area contributed by atoms with Gasteiger partial charge in [0.25, 0.3) is 0 Å². The predicted octanol–water partition coefficient (Wildman–Crippen LogP) is 3.32. The SMILES string of the molecule is Cc1noc(C)c1-c1cccc([C@@H]2CN(Cc3ccncc3)CCO2)n1. The first kappa shape index (κ1) is 16.9. The molecule has 0 aromatic carbocycles. The van der Waals surface area contributed by atoms with Crippen molar-refractivity contribution in [1.82, 2.24) is 20.0 Å². The smallest absolute Gasteiger partial charge is 0.143 e. The predicted molar refractivity (Wildman–Crippen MR) is 97.4 cm³/mol. The molecule has 3 aromatic rings. The van der Waals surface area contributed by atoms with Crippen molar-refractivity contribution in [1.29, 1.82) is 0 Å². The summed E-state index contributed by atoms with van der Waals surface area (Å²) in [6, 6.07) is 10.2. The molecular weight excluding hydrogens is 328 g/mol. The minimum absolute atomic E-state index is 0.0361. The third-order valence-electron chi connectivity index (χ3n) is 4.70. The molecule has 6 heteroatoms. The molecule has 0 N–H and O–H groups in total. The quantitative estimate of drug-likeness (QED) is 0.719. The Morgan fingerprint density at radius 3 is 2.77 bits per heavy atom. The Morgan fingerprint density at radius 2 is 2.00 bits per heavy atom. The third kappa shape index (κ3) is 3.52. The van der Waals surface area contributed by atoms with Gasteiger partial charge in [-0.3, -0.25) is 9.88 Å². The van der Waals surface area contributed by atoms with Crippen LogP contribution in [-0.4, -0.2) is 39.7 Å². The molecule has 1 atom stereocenters. The minimum Gasteiger partial charge on any atom is -0.369 e. The van der Waals surface area contributed by atoms with Crippen LogP contribution in [0.1, 0.15) is 28.8 Å². The Morgan fingerprint density at radius 1 is 1.15 bits per heavy atom. The number of morpholine rings is 1. The summed E-state index contributed by atoms with van der Waals surface area (Å²) in [5.41, 5.74) is 4.92. The van der Waals surface area contributed by atoms with Gasteiger partial charge >= 0.3 is 0 Å². The van der Waals surface area contributed by atoms with Crippen LogP contribution < -0.4 is 0 Å². The molecule has 4 rings (SSSR count). The second-order valence-electron chi connectivity index (χ2n) is 6.60. The summed E-state index contributed by atoms with van der Waals surface area (Å²) in [6.45, 7) is 7.19. The van der Waals surface area contributed by atoms with Gasteiger partial charge in [0.2, 0.25) is 0 Å². The maximum Gasteiger partial charge on any atom is 0.143 e. The summed E-state index contributed by atoms with van der Waals surface area (Å²) in [5.74, 6) is 0.788. The van der Waals surface area contributed by atoms with Gasteiger partial charge in [0, 0.05) is 32.0 Å². The minimum atomic E-state index is -0.0361. The second kappa shape index (κ2) is 7.35. The summed E-state index contributed by atoms with van der Waals surface area (Å²) in [5, 5.41) is 4.03. The van der Waals surface area contributed by atoms with E-state index < -0.39 is 0 Å². The first-order valence-corrected chi connectivity index (χ1v) is 8.84. The van der Waals surface area contributed by atoms with Crippen LogP contribution in [0.5, 0.6) is 0 Å². The molecule has 134 valence electrons. The number of aromatic nitrogens is 3. The van der Waals surface area contributed by atoms with Gasteiger partial charge in [-0.15, -0.1) is 0 Å². The van der Waals surface area contributed by atoms with Crippen molar-refractivity contribution in [3.05, 3.63) is 65.4 Å². The van der Waals surface area contributed by atoms with E-state index in [1.165, 1.54) is 5.56 Å². The number of ether oxygens (including phenoxy) is 1. The highest BCUT2D eigenvalue weighted by atomic mass is 16.5.